The molecule has 1 aliphatic heterocycles. The van der Waals surface area contributed by atoms with Crippen LogP contribution in [0.2, 0.25) is 0 Å². The van der Waals surface area contributed by atoms with E-state index in [1.54, 1.807) is 13.8 Å². The van der Waals surface area contributed by atoms with Crippen LogP contribution in [0.5, 0.6) is 11.6 Å². The third-order valence-corrected chi connectivity index (χ3v) is 8.17. The molecule has 2 heterocycles. The minimum atomic E-state index is -4.24. The molecule has 1 aliphatic carbocycles. The van der Waals surface area contributed by atoms with Gasteiger partial charge in [-0.15, -0.1) is 5.10 Å². The van der Waals surface area contributed by atoms with Crippen molar-refractivity contribution in [1.82, 2.24) is 9.78 Å². The van der Waals surface area contributed by atoms with E-state index >= 15 is 0 Å². The summed E-state index contributed by atoms with van der Waals surface area (Å²) in [4.78, 5) is 25.1. The number of sulfone groups is 1. The van der Waals surface area contributed by atoms with Crippen LogP contribution < -0.4 is 10.3 Å². The quantitative estimate of drug-likeness (QED) is 0.644. The number of hydrogen-bond acceptors (Lipinski definition) is 9. The molecule has 0 fully saturated rings. The van der Waals surface area contributed by atoms with Gasteiger partial charge in [-0.05, 0) is 45.0 Å². The second-order valence-corrected chi connectivity index (χ2v) is 10.9. The second-order valence-electron chi connectivity index (χ2n) is 8.86. The van der Waals surface area contributed by atoms with Crippen molar-refractivity contribution in [2.75, 3.05) is 0 Å². The van der Waals surface area contributed by atoms with Crippen molar-refractivity contribution >= 4 is 15.6 Å². The van der Waals surface area contributed by atoms with Gasteiger partial charge in [-0.3, -0.25) is 9.59 Å². The number of nitrogens with zero attached hydrogens (tertiary/aromatic N) is 2. The van der Waals surface area contributed by atoms with Crippen LogP contribution in [0.3, 0.4) is 0 Å². The summed E-state index contributed by atoms with van der Waals surface area (Å²) in [5.74, 6) is -1.09. The summed E-state index contributed by atoms with van der Waals surface area (Å²) in [5, 5.41) is 23.5. The molecule has 1 aromatic carbocycles. The first-order chi connectivity index (χ1) is 15.8. The van der Waals surface area contributed by atoms with Gasteiger partial charge in [0.2, 0.25) is 5.88 Å². The standard InChI is InChI=1S/C23H24N2O8S/c1-22(2)23(3,29)21(32-17-10-11-18(27)25(4)24-17)19-15(33-22)8-9-16(20(19)28)34(30,31)14-7-5-6-13(26)12-14/h5-12,16,21,26,29H,1-4H3/t16?,21-,23+/m1/s1. The van der Waals surface area contributed by atoms with Crippen LogP contribution in [-0.2, 0) is 26.4 Å². The molecule has 0 saturated heterocycles. The van der Waals surface area contributed by atoms with Crippen LogP contribution in [0.1, 0.15) is 20.8 Å². The van der Waals surface area contributed by atoms with E-state index in [0.717, 1.165) is 10.7 Å². The number of rotatable bonds is 4. The fourth-order valence-corrected chi connectivity index (χ4v) is 5.38. The predicted molar refractivity (Wildman–Crippen MR) is 120 cm³/mol. The van der Waals surface area contributed by atoms with Gasteiger partial charge in [0.15, 0.2) is 21.7 Å². The van der Waals surface area contributed by atoms with Crippen molar-refractivity contribution in [2.24, 2.45) is 7.05 Å². The zero-order valence-corrected chi connectivity index (χ0v) is 19.7. The summed E-state index contributed by atoms with van der Waals surface area (Å²) in [6, 6.07) is 7.52. The Balaban J connectivity index is 1.81. The normalized spacial score (nSPS) is 26.1. The molecule has 0 amide bonds. The number of carbonyl (C=O) groups excluding carboxylic acids is 1. The van der Waals surface area contributed by atoms with E-state index in [1.165, 1.54) is 56.5 Å². The molecule has 1 unspecified atom stereocenters. The number of aryl methyl sites for hydroxylation is 1. The molecule has 4 rings (SSSR count). The average Bonchev–Trinajstić information content (AvgIpc) is 2.74. The Morgan fingerprint density at radius 2 is 1.85 bits per heavy atom. The lowest BCUT2D eigenvalue weighted by Crippen LogP contribution is -2.64. The number of benzene rings is 1. The first-order valence-corrected chi connectivity index (χ1v) is 11.9. The number of aliphatic hydroxyl groups is 1. The van der Waals surface area contributed by atoms with Crippen molar-refractivity contribution in [3.63, 3.8) is 0 Å². The summed E-state index contributed by atoms with van der Waals surface area (Å²) >= 11 is 0. The van der Waals surface area contributed by atoms with Crippen molar-refractivity contribution < 1.29 is 32.9 Å². The zero-order chi connectivity index (χ0) is 25.1. The largest absolute Gasteiger partial charge is 0.508 e. The number of aromatic nitrogens is 2. The van der Waals surface area contributed by atoms with E-state index in [1.807, 2.05) is 0 Å². The summed E-state index contributed by atoms with van der Waals surface area (Å²) < 4.78 is 39.4. The van der Waals surface area contributed by atoms with Gasteiger partial charge in [-0.25, -0.2) is 13.1 Å². The maximum Gasteiger partial charge on any atom is 0.266 e. The van der Waals surface area contributed by atoms with Gasteiger partial charge in [0, 0.05) is 19.2 Å². The zero-order valence-electron chi connectivity index (χ0n) is 18.9. The molecule has 2 aliphatic rings. The minimum absolute atomic E-state index is 0.0494. The molecule has 34 heavy (non-hydrogen) atoms. The van der Waals surface area contributed by atoms with Gasteiger partial charge >= 0.3 is 0 Å². The smallest absolute Gasteiger partial charge is 0.266 e. The topological polar surface area (TPSA) is 145 Å². The maximum absolute atomic E-state index is 13.6. The summed E-state index contributed by atoms with van der Waals surface area (Å²) in [6.07, 6.45) is 1.21. The first-order valence-electron chi connectivity index (χ1n) is 10.4. The first kappa shape index (κ1) is 23.7. The highest BCUT2D eigenvalue weighted by atomic mass is 32.2. The van der Waals surface area contributed by atoms with Crippen molar-refractivity contribution in [3.05, 3.63) is 70.2 Å². The number of carbonyl (C=O) groups is 1. The van der Waals surface area contributed by atoms with Gasteiger partial charge in [0.05, 0.1) is 10.5 Å². The molecule has 180 valence electrons. The van der Waals surface area contributed by atoms with Gasteiger partial charge in [-0.1, -0.05) is 12.1 Å². The lowest BCUT2D eigenvalue weighted by molar-refractivity contribution is -0.186. The Morgan fingerprint density at radius 1 is 1.15 bits per heavy atom. The van der Waals surface area contributed by atoms with Gasteiger partial charge < -0.3 is 19.7 Å². The fourth-order valence-electron chi connectivity index (χ4n) is 3.84. The second kappa shape index (κ2) is 7.81. The predicted octanol–water partition coefficient (Wildman–Crippen LogP) is 1.03. The van der Waals surface area contributed by atoms with Crippen LogP contribution in [0.15, 0.2) is 69.6 Å². The number of Topliss-reactive ketones (excluding diaryl/α,β-unsaturated/α-hetero) is 1. The van der Waals surface area contributed by atoms with E-state index < -0.39 is 38.2 Å². The molecule has 2 aromatic rings. The molecule has 1 aromatic heterocycles. The summed E-state index contributed by atoms with van der Waals surface area (Å²) in [6.45, 7) is 4.62. The van der Waals surface area contributed by atoms with Gasteiger partial charge in [-0.2, -0.15) is 0 Å². The van der Waals surface area contributed by atoms with Crippen LogP contribution in [0.4, 0.5) is 0 Å². The Kier molecular flexibility index (Phi) is 5.45. The number of phenols is 1. The molecule has 0 radical (unpaired) electrons. The van der Waals surface area contributed by atoms with Crippen molar-refractivity contribution in [2.45, 2.75) is 48.2 Å². The van der Waals surface area contributed by atoms with E-state index in [0.29, 0.717) is 0 Å². The van der Waals surface area contributed by atoms with Crippen molar-refractivity contribution in [1.29, 1.82) is 0 Å². The molecular weight excluding hydrogens is 464 g/mol. The van der Waals surface area contributed by atoms with Gasteiger partial charge in [0.25, 0.3) is 5.56 Å². The van der Waals surface area contributed by atoms with E-state index in [4.69, 9.17) is 9.47 Å². The lowest BCUT2D eigenvalue weighted by Gasteiger charge is -2.49. The average molecular weight is 489 g/mol. The Hall–Kier alpha value is -3.44. The van der Waals surface area contributed by atoms with Crippen LogP contribution in [-0.4, -0.2) is 56.8 Å². The highest BCUT2D eigenvalue weighted by molar-refractivity contribution is 7.93. The maximum atomic E-state index is 13.6. The summed E-state index contributed by atoms with van der Waals surface area (Å²) in [7, 11) is -2.83. The van der Waals surface area contributed by atoms with E-state index in [9.17, 15) is 28.2 Å². The molecular formula is C23H24N2O8S. The molecule has 10 nitrogen and oxygen atoms in total. The number of ether oxygens (including phenoxy) is 2. The molecule has 11 heteroatoms. The Bertz CT molecular complexity index is 1400. The SMILES string of the molecule is Cn1nc(O[C@@H]2C3=C(C=CC(S(=O)(=O)c4cccc(O)c4)C3=O)OC(C)(C)[C@@]2(C)O)ccc1=O. The van der Waals surface area contributed by atoms with E-state index in [2.05, 4.69) is 5.10 Å². The number of phenolic OH excluding ortho intramolecular Hbond substituents is 1. The fraction of sp³-hybridized carbons (Fsp3) is 0.348. The number of aromatic hydroxyl groups is 1. The lowest BCUT2D eigenvalue weighted by atomic mass is 9.74. The van der Waals surface area contributed by atoms with Crippen molar-refractivity contribution in [3.8, 4) is 11.6 Å². The Morgan fingerprint density at radius 3 is 2.50 bits per heavy atom. The van der Waals surface area contributed by atoms with Crippen LogP contribution >= 0.6 is 0 Å². The molecule has 0 bridgehead atoms. The van der Waals surface area contributed by atoms with Crippen LogP contribution in [0, 0.1) is 0 Å². The summed E-state index contributed by atoms with van der Waals surface area (Å²) in [5.41, 5.74) is -3.60. The number of ketones is 1. The minimum Gasteiger partial charge on any atom is -0.508 e. The van der Waals surface area contributed by atoms with Crippen LogP contribution in [0.25, 0.3) is 0 Å². The third-order valence-electron chi connectivity index (χ3n) is 6.22. The Labute approximate surface area is 195 Å². The monoisotopic (exact) mass is 488 g/mol. The molecule has 0 spiro atoms. The third kappa shape index (κ3) is 3.70. The van der Waals surface area contributed by atoms with Gasteiger partial charge in [0.1, 0.15) is 28.0 Å². The number of hydrogen-bond donors (Lipinski definition) is 2. The molecule has 0 saturated carbocycles. The van der Waals surface area contributed by atoms with E-state index in [-0.39, 0.29) is 33.4 Å². The highest BCUT2D eigenvalue weighted by Crippen LogP contribution is 2.44. The molecule has 3 atom stereocenters. The highest BCUT2D eigenvalue weighted by Gasteiger charge is 2.58. The molecule has 2 N–H and O–H groups in total. The number of allylic oxidation sites excluding steroid dienone is 1.